The van der Waals surface area contributed by atoms with Crippen molar-refractivity contribution in [2.75, 3.05) is 9.80 Å². The van der Waals surface area contributed by atoms with Gasteiger partial charge in [0.25, 0.3) is 0 Å². The Kier molecular flexibility index (Phi) is 20.7. The van der Waals surface area contributed by atoms with Crippen LogP contribution in [0, 0.1) is 5.82 Å². The Labute approximate surface area is 779 Å². The van der Waals surface area contributed by atoms with Crippen LogP contribution in [-0.4, -0.2) is 0 Å². The first-order valence-corrected chi connectivity index (χ1v) is 47.8. The zero-order chi connectivity index (χ0) is 89.9. The Balaban J connectivity index is 0.000000155. The van der Waals surface area contributed by atoms with Crippen LogP contribution < -0.4 is 9.80 Å². The molecule has 0 radical (unpaired) electrons. The minimum atomic E-state index is -0.226. The SMILES string of the molecule is CC1(C)c2ccccc2-c2ccc(-c3ccc(N(c4ccc(-c5ccc(-c6ccc(F)cc6)cc5)cc4)c4ccc(-c5ccc6c(c5)C(C)(C)c5ccccc5-6)cc4)cc3)cc21.CCC1(CC)c2ccccc2-c2ccc(-c3ccc(N(c4ccc(-c5ccc6c(c5)C(CC)(CC)c5ccccc5-6)cc4)c4ccc(-c5ccc6c(c5)C(CC)(CC)c5ccccc5-6)cc4)cc3)cc21. The van der Waals surface area contributed by atoms with E-state index in [4.69, 9.17) is 0 Å². The maximum Gasteiger partial charge on any atom is 0.123 e. The highest BCUT2D eigenvalue weighted by atomic mass is 19.1. The Bertz CT molecular complexity index is 6940. The van der Waals surface area contributed by atoms with Gasteiger partial charge >= 0.3 is 0 Å². The molecule has 5 aliphatic carbocycles. The van der Waals surface area contributed by atoms with Gasteiger partial charge in [0.2, 0.25) is 0 Å². The lowest BCUT2D eigenvalue weighted by Crippen LogP contribution is -2.23. The summed E-state index contributed by atoms with van der Waals surface area (Å²) < 4.78 is 13.6. The van der Waals surface area contributed by atoms with Crippen molar-refractivity contribution in [3.05, 3.63) is 468 Å². The fourth-order valence-corrected chi connectivity index (χ4v) is 23.9. The monoisotopic (exact) mass is 1700 g/mol. The Morgan fingerprint density at radius 1 is 0.167 bits per heavy atom. The average Bonchev–Trinajstić information content (AvgIpc) is 1.58. The second-order valence-electron chi connectivity index (χ2n) is 38.2. The summed E-state index contributed by atoms with van der Waals surface area (Å²) in [4.78, 5) is 4.77. The third kappa shape index (κ3) is 13.4. The van der Waals surface area contributed by atoms with Gasteiger partial charge < -0.3 is 9.80 Å². The first kappa shape index (κ1) is 83.1. The van der Waals surface area contributed by atoms with Crippen LogP contribution in [0.25, 0.3) is 134 Å². The largest absolute Gasteiger partial charge is 0.311 e. The van der Waals surface area contributed by atoms with Gasteiger partial charge in [-0.2, -0.15) is 0 Å². The number of fused-ring (bicyclic) bond motifs is 15. The van der Waals surface area contributed by atoms with Crippen LogP contribution in [0.4, 0.5) is 38.5 Å². The fraction of sp³-hybridized carbons (Fsp3) is 0.163. The number of benzene rings is 18. The predicted molar refractivity (Wildman–Crippen MR) is 556 cm³/mol. The minimum absolute atomic E-state index is 0.0385. The molecule has 0 N–H and O–H groups in total. The first-order valence-electron chi connectivity index (χ1n) is 47.8. The topological polar surface area (TPSA) is 6.48 Å². The van der Waals surface area contributed by atoms with Crippen molar-refractivity contribution < 1.29 is 4.39 Å². The van der Waals surface area contributed by atoms with E-state index in [2.05, 4.69) is 461 Å². The number of halogens is 1. The molecule has 0 amide bonds. The van der Waals surface area contributed by atoms with E-state index in [1.807, 2.05) is 12.1 Å². The standard InChI is InChI=1S/C69H63N.C60H46FN/c1-7-67(8-2)61-22-16-13-19-55(61)58-40-31-49(43-64(58)67)46-25-34-52(35-26-46)70(53-36-27-47(28-37-53)50-32-41-59-56-20-14-17-23-62(56)68(9-3,10-4)65(59)44-50)54-38-29-48(30-39-54)51-33-42-60-57-21-15-18-24-63(57)69(11-5,12-6)66(60)45-51;1-59(2)55-11-7-5-9-51(55)53-35-25-45(37-57(53)59)43-21-31-49(32-22-43)62(48-29-19-42(20-30-48)40-15-13-39(14-16-40)41-17-27-47(61)28-18-41)50-33-23-44(24-34-50)46-26-36-54-52-10-6-8-12-56(52)60(3,4)58(54)38-46/h13-45H,7-12H2,1-6H3;5-38H,1-4H3. The average molecular weight is 1710 g/mol. The predicted octanol–water partition coefficient (Wildman–Crippen LogP) is 36.0. The molecule has 0 saturated carbocycles. The zero-order valence-electron chi connectivity index (χ0n) is 77.2. The van der Waals surface area contributed by atoms with E-state index in [1.165, 1.54) is 179 Å². The fourth-order valence-electron chi connectivity index (χ4n) is 23.9. The molecule has 0 spiro atoms. The van der Waals surface area contributed by atoms with E-state index in [9.17, 15) is 4.39 Å². The molecule has 0 unspecified atom stereocenters. The summed E-state index contributed by atoms with van der Waals surface area (Å²) in [6.45, 7) is 23.5. The van der Waals surface area contributed by atoms with Crippen molar-refractivity contribution >= 4 is 34.1 Å². The lowest BCUT2D eigenvalue weighted by atomic mass is 9.73. The van der Waals surface area contributed by atoms with Crippen molar-refractivity contribution in [2.24, 2.45) is 0 Å². The van der Waals surface area contributed by atoms with Gasteiger partial charge in [0.1, 0.15) is 5.82 Å². The quantitative estimate of drug-likeness (QED) is 0.0796. The molecular weight excluding hydrogens is 1600 g/mol. The summed E-state index contributed by atoms with van der Waals surface area (Å²) in [6.07, 6.45) is 6.50. The van der Waals surface area contributed by atoms with Gasteiger partial charge in [0, 0.05) is 61.2 Å². The molecule has 5 aliphatic rings. The van der Waals surface area contributed by atoms with Crippen molar-refractivity contribution in [1.82, 2.24) is 0 Å². The van der Waals surface area contributed by atoms with E-state index in [0.717, 1.165) is 94.9 Å². The van der Waals surface area contributed by atoms with Crippen LogP contribution in [0.1, 0.15) is 163 Å². The molecule has 18 aromatic rings. The van der Waals surface area contributed by atoms with Crippen LogP contribution in [0.15, 0.2) is 406 Å². The smallest absolute Gasteiger partial charge is 0.123 e. The zero-order valence-corrected chi connectivity index (χ0v) is 77.2. The minimum Gasteiger partial charge on any atom is -0.311 e. The summed E-state index contributed by atoms with van der Waals surface area (Å²) in [6, 6.07) is 150. The van der Waals surface area contributed by atoms with Crippen molar-refractivity contribution in [3.8, 4) is 134 Å². The molecule has 0 bridgehead atoms. The summed E-state index contributed by atoms with van der Waals surface area (Å²) in [7, 11) is 0. The third-order valence-corrected chi connectivity index (χ3v) is 31.4. The second kappa shape index (κ2) is 32.8. The number of nitrogens with zero attached hydrogens (tertiary/aromatic N) is 2. The van der Waals surface area contributed by atoms with Gasteiger partial charge in [0.05, 0.1) is 0 Å². The highest BCUT2D eigenvalue weighted by Gasteiger charge is 2.45. The van der Waals surface area contributed by atoms with Crippen LogP contribution in [-0.2, 0) is 27.1 Å². The summed E-state index contributed by atoms with van der Waals surface area (Å²) in [5, 5.41) is 0. The van der Waals surface area contributed by atoms with Crippen LogP contribution in [0.2, 0.25) is 0 Å². The Morgan fingerprint density at radius 2 is 0.326 bits per heavy atom. The van der Waals surface area contributed by atoms with Crippen LogP contribution in [0.5, 0.6) is 0 Å². The van der Waals surface area contributed by atoms with Gasteiger partial charge in [-0.25, -0.2) is 4.39 Å². The van der Waals surface area contributed by atoms with Crippen molar-refractivity contribution in [3.63, 3.8) is 0 Å². The maximum absolute atomic E-state index is 13.6. The summed E-state index contributed by atoms with van der Waals surface area (Å²) in [5.41, 5.74) is 51.4. The molecule has 3 heteroatoms. The highest BCUT2D eigenvalue weighted by Crippen LogP contribution is 2.59. The number of anilines is 6. The summed E-state index contributed by atoms with van der Waals surface area (Å²) >= 11 is 0. The Hall–Kier alpha value is -14.5. The third-order valence-electron chi connectivity index (χ3n) is 31.4. The lowest BCUT2D eigenvalue weighted by Gasteiger charge is -2.30. The first-order chi connectivity index (χ1) is 64.5. The second-order valence-corrected chi connectivity index (χ2v) is 38.2. The van der Waals surface area contributed by atoms with Crippen molar-refractivity contribution in [2.45, 2.75) is 135 Å². The molecule has 0 aliphatic heterocycles. The molecule has 0 aromatic heterocycles. The molecule has 23 rings (SSSR count). The van der Waals surface area contributed by atoms with Gasteiger partial charge in [0.15, 0.2) is 0 Å². The molecule has 0 atom stereocenters. The van der Waals surface area contributed by atoms with Gasteiger partial charge in [-0.15, -0.1) is 0 Å². The van der Waals surface area contributed by atoms with E-state index in [1.54, 1.807) is 0 Å². The Morgan fingerprint density at radius 3 is 0.553 bits per heavy atom. The molecule has 0 saturated heterocycles. The molecule has 0 heterocycles. The van der Waals surface area contributed by atoms with Crippen molar-refractivity contribution in [1.29, 1.82) is 0 Å². The number of hydrogen-bond donors (Lipinski definition) is 0. The van der Waals surface area contributed by atoms with Gasteiger partial charge in [-0.05, 0) is 343 Å². The van der Waals surface area contributed by atoms with Gasteiger partial charge in [-0.1, -0.05) is 360 Å². The van der Waals surface area contributed by atoms with E-state index >= 15 is 0 Å². The molecular formula is C129H109FN2. The summed E-state index contributed by atoms with van der Waals surface area (Å²) in [5.74, 6) is -0.226. The van der Waals surface area contributed by atoms with Crippen LogP contribution in [0.3, 0.4) is 0 Å². The normalized spacial score (nSPS) is 14.4. The van der Waals surface area contributed by atoms with E-state index in [0.29, 0.717) is 0 Å². The highest BCUT2D eigenvalue weighted by molar-refractivity contribution is 5.92. The van der Waals surface area contributed by atoms with Crippen LogP contribution >= 0.6 is 0 Å². The van der Waals surface area contributed by atoms with Gasteiger partial charge in [-0.3, -0.25) is 0 Å². The number of rotatable bonds is 19. The molecule has 132 heavy (non-hydrogen) atoms. The van der Waals surface area contributed by atoms with E-state index < -0.39 is 0 Å². The maximum atomic E-state index is 13.6. The lowest BCUT2D eigenvalue weighted by molar-refractivity contribution is 0.490. The molecule has 2 nitrogen and oxygen atoms in total. The molecule has 18 aromatic carbocycles. The van der Waals surface area contributed by atoms with E-state index in [-0.39, 0.29) is 32.9 Å². The number of hydrogen-bond acceptors (Lipinski definition) is 2. The molecule has 0 fully saturated rings. The molecule has 642 valence electrons.